The number of hydrogen-bond acceptors (Lipinski definition) is 7. The Kier molecular flexibility index (Phi) is 5.89. The highest BCUT2D eigenvalue weighted by Crippen LogP contribution is 2.22. The lowest BCUT2D eigenvalue weighted by atomic mass is 10.4. The lowest BCUT2D eigenvalue weighted by Gasteiger charge is -2.18. The van der Waals surface area contributed by atoms with Gasteiger partial charge in [0.05, 0.1) is 24.6 Å². The fraction of sp³-hybridized carbons (Fsp3) is 0.500. The van der Waals surface area contributed by atoms with Gasteiger partial charge in [-0.05, 0) is 31.3 Å². The molecule has 0 N–H and O–H groups in total. The Morgan fingerprint density at radius 2 is 2.33 bits per heavy atom. The number of esters is 1. The average molecular weight is 309 g/mol. The first kappa shape index (κ1) is 15.7. The zero-order valence-electron chi connectivity index (χ0n) is 12.2. The molecular weight excluding hydrogens is 290 g/mol. The van der Waals surface area contributed by atoms with E-state index in [1.807, 2.05) is 22.4 Å². The van der Waals surface area contributed by atoms with Gasteiger partial charge in [0, 0.05) is 0 Å². The van der Waals surface area contributed by atoms with Crippen LogP contribution < -0.4 is 0 Å². The second-order valence-corrected chi connectivity index (χ2v) is 5.46. The van der Waals surface area contributed by atoms with Gasteiger partial charge in [-0.1, -0.05) is 18.1 Å². The predicted octanol–water partition coefficient (Wildman–Crippen LogP) is 2.57. The summed E-state index contributed by atoms with van der Waals surface area (Å²) in [5.41, 5.74) is 0. The molecule has 0 aromatic carbocycles. The van der Waals surface area contributed by atoms with Crippen LogP contribution in [0.25, 0.3) is 10.8 Å². The van der Waals surface area contributed by atoms with Crippen molar-refractivity contribution in [1.82, 2.24) is 15.0 Å². The minimum atomic E-state index is -0.229. The highest BCUT2D eigenvalue weighted by atomic mass is 32.1. The van der Waals surface area contributed by atoms with E-state index in [0.29, 0.717) is 24.9 Å². The minimum absolute atomic E-state index is 0.229. The summed E-state index contributed by atoms with van der Waals surface area (Å²) in [6, 6.07) is 3.87. The number of ether oxygens (including phenoxy) is 1. The van der Waals surface area contributed by atoms with Crippen molar-refractivity contribution in [3.63, 3.8) is 0 Å². The van der Waals surface area contributed by atoms with Crippen LogP contribution in [0.15, 0.2) is 22.0 Å². The van der Waals surface area contributed by atoms with Crippen LogP contribution in [0.4, 0.5) is 0 Å². The van der Waals surface area contributed by atoms with Crippen molar-refractivity contribution in [2.24, 2.45) is 0 Å². The van der Waals surface area contributed by atoms with E-state index < -0.39 is 0 Å². The van der Waals surface area contributed by atoms with Gasteiger partial charge in [-0.3, -0.25) is 9.69 Å². The second kappa shape index (κ2) is 7.90. The van der Waals surface area contributed by atoms with Gasteiger partial charge in [0.2, 0.25) is 0 Å². The van der Waals surface area contributed by atoms with Crippen LogP contribution in [-0.4, -0.2) is 40.7 Å². The largest absolute Gasteiger partial charge is 0.465 e. The molecule has 2 aromatic heterocycles. The number of carbonyl (C=O) groups excluding carboxylic acids is 1. The van der Waals surface area contributed by atoms with Crippen molar-refractivity contribution in [2.45, 2.75) is 26.8 Å². The molecule has 0 aliphatic carbocycles. The maximum atomic E-state index is 11.6. The van der Waals surface area contributed by atoms with Crippen molar-refractivity contribution in [1.29, 1.82) is 0 Å². The Labute approximate surface area is 127 Å². The Morgan fingerprint density at radius 1 is 1.48 bits per heavy atom. The number of nitrogens with zero attached hydrogens (tertiary/aromatic N) is 3. The molecule has 0 radical (unpaired) electrons. The third-order valence-electron chi connectivity index (χ3n) is 2.76. The lowest BCUT2D eigenvalue weighted by molar-refractivity contribution is -0.144. The third-order valence-corrected chi connectivity index (χ3v) is 3.62. The number of thiophene rings is 1. The van der Waals surface area contributed by atoms with Crippen molar-refractivity contribution in [3.05, 3.63) is 23.3 Å². The van der Waals surface area contributed by atoms with Crippen LogP contribution >= 0.6 is 11.3 Å². The maximum Gasteiger partial charge on any atom is 0.320 e. The molecular formula is C14H19N3O3S. The van der Waals surface area contributed by atoms with E-state index in [1.165, 1.54) is 0 Å². The summed E-state index contributed by atoms with van der Waals surface area (Å²) in [4.78, 5) is 18.9. The zero-order chi connectivity index (χ0) is 15.1. The highest BCUT2D eigenvalue weighted by molar-refractivity contribution is 7.13. The van der Waals surface area contributed by atoms with Crippen molar-refractivity contribution in [2.75, 3.05) is 19.7 Å². The van der Waals surface area contributed by atoms with Gasteiger partial charge in [0.25, 0.3) is 5.89 Å². The van der Waals surface area contributed by atoms with E-state index in [2.05, 4.69) is 17.1 Å². The molecule has 2 aromatic rings. The SMILES string of the molecule is CCCN(CC(=O)OCC)Cc1noc(-c2cccs2)n1. The molecule has 0 saturated carbocycles. The summed E-state index contributed by atoms with van der Waals surface area (Å²) in [5.74, 6) is 0.872. The summed E-state index contributed by atoms with van der Waals surface area (Å²) in [5, 5.41) is 5.94. The molecule has 0 unspecified atom stereocenters. The van der Waals surface area contributed by atoms with Gasteiger partial charge >= 0.3 is 5.97 Å². The van der Waals surface area contributed by atoms with E-state index >= 15 is 0 Å². The fourth-order valence-corrected chi connectivity index (χ4v) is 2.58. The lowest BCUT2D eigenvalue weighted by Crippen LogP contribution is -2.31. The van der Waals surface area contributed by atoms with Gasteiger partial charge in [-0.2, -0.15) is 4.98 Å². The van der Waals surface area contributed by atoms with E-state index in [1.54, 1.807) is 18.3 Å². The summed E-state index contributed by atoms with van der Waals surface area (Å²) in [6.45, 7) is 5.75. The summed E-state index contributed by atoms with van der Waals surface area (Å²) >= 11 is 1.55. The van der Waals surface area contributed by atoms with Crippen LogP contribution in [0, 0.1) is 0 Å². The molecule has 0 saturated heterocycles. The molecule has 21 heavy (non-hydrogen) atoms. The normalized spacial score (nSPS) is 11.0. The quantitative estimate of drug-likeness (QED) is 0.698. The van der Waals surface area contributed by atoms with Crippen LogP contribution in [0.1, 0.15) is 26.1 Å². The second-order valence-electron chi connectivity index (χ2n) is 4.51. The first-order valence-electron chi connectivity index (χ1n) is 6.97. The molecule has 0 atom stereocenters. The summed E-state index contributed by atoms with van der Waals surface area (Å²) in [7, 11) is 0. The van der Waals surface area contributed by atoms with Gasteiger partial charge in [-0.25, -0.2) is 0 Å². The Morgan fingerprint density at radius 3 is 3.00 bits per heavy atom. The van der Waals surface area contributed by atoms with Crippen LogP contribution in [0.2, 0.25) is 0 Å². The van der Waals surface area contributed by atoms with E-state index in [9.17, 15) is 4.79 Å². The number of hydrogen-bond donors (Lipinski definition) is 0. The van der Waals surface area contributed by atoms with Crippen LogP contribution in [-0.2, 0) is 16.1 Å². The highest BCUT2D eigenvalue weighted by Gasteiger charge is 2.16. The van der Waals surface area contributed by atoms with Gasteiger partial charge in [-0.15, -0.1) is 11.3 Å². The summed E-state index contributed by atoms with van der Waals surface area (Å²) < 4.78 is 10.2. The smallest absolute Gasteiger partial charge is 0.320 e. The Hall–Kier alpha value is -1.73. The first-order valence-corrected chi connectivity index (χ1v) is 7.85. The maximum absolute atomic E-state index is 11.6. The zero-order valence-corrected chi connectivity index (χ0v) is 13.1. The van der Waals surface area contributed by atoms with Gasteiger partial charge < -0.3 is 9.26 Å². The predicted molar refractivity (Wildman–Crippen MR) is 79.8 cm³/mol. The van der Waals surface area contributed by atoms with E-state index in [-0.39, 0.29) is 12.5 Å². The minimum Gasteiger partial charge on any atom is -0.465 e. The van der Waals surface area contributed by atoms with Gasteiger partial charge in [0.1, 0.15) is 0 Å². The Bertz CT molecular complexity index is 554. The third kappa shape index (κ3) is 4.64. The fourth-order valence-electron chi connectivity index (χ4n) is 1.94. The molecule has 7 heteroatoms. The van der Waals surface area contributed by atoms with Gasteiger partial charge in [0.15, 0.2) is 5.82 Å². The molecule has 0 bridgehead atoms. The molecule has 6 nitrogen and oxygen atoms in total. The molecule has 0 amide bonds. The molecule has 0 aliphatic rings. The molecule has 0 fully saturated rings. The molecule has 2 rings (SSSR count). The van der Waals surface area contributed by atoms with Crippen molar-refractivity contribution < 1.29 is 14.1 Å². The molecule has 2 heterocycles. The van der Waals surface area contributed by atoms with Crippen molar-refractivity contribution in [3.8, 4) is 10.8 Å². The first-order chi connectivity index (χ1) is 10.2. The topological polar surface area (TPSA) is 68.5 Å². The van der Waals surface area contributed by atoms with Crippen molar-refractivity contribution >= 4 is 17.3 Å². The molecule has 0 aliphatic heterocycles. The standard InChI is InChI=1S/C14H19N3O3S/c1-3-7-17(10-13(18)19-4-2)9-12-15-14(20-16-12)11-6-5-8-21-11/h5-6,8H,3-4,7,9-10H2,1-2H3. The average Bonchev–Trinajstić information content (AvgIpc) is 3.09. The molecule has 0 spiro atoms. The number of carbonyl (C=O) groups is 1. The van der Waals surface area contributed by atoms with Crippen LogP contribution in [0.3, 0.4) is 0 Å². The summed E-state index contributed by atoms with van der Waals surface area (Å²) in [6.07, 6.45) is 0.940. The number of rotatable bonds is 8. The Balaban J connectivity index is 1.98. The number of aromatic nitrogens is 2. The van der Waals surface area contributed by atoms with Crippen LogP contribution in [0.5, 0.6) is 0 Å². The van der Waals surface area contributed by atoms with E-state index in [0.717, 1.165) is 17.8 Å². The van der Waals surface area contributed by atoms with E-state index in [4.69, 9.17) is 9.26 Å². The molecule has 114 valence electrons. The monoisotopic (exact) mass is 309 g/mol.